The van der Waals surface area contributed by atoms with Gasteiger partial charge in [0.25, 0.3) is 0 Å². The van der Waals surface area contributed by atoms with Crippen LogP contribution in [0.5, 0.6) is 0 Å². The Labute approximate surface area is 142 Å². The van der Waals surface area contributed by atoms with Crippen molar-refractivity contribution in [1.82, 2.24) is 9.97 Å². The number of nitrogens with zero attached hydrogens (tertiary/aromatic N) is 3. The molecule has 0 aliphatic rings. The third-order valence-electron chi connectivity index (χ3n) is 3.13. The maximum absolute atomic E-state index is 14.8. The Morgan fingerprint density at radius 1 is 1.28 bits per heavy atom. The van der Waals surface area contributed by atoms with Crippen LogP contribution in [-0.4, -0.2) is 24.1 Å². The summed E-state index contributed by atoms with van der Waals surface area (Å²) in [4.78, 5) is 7.24. The van der Waals surface area contributed by atoms with Crippen LogP contribution in [0, 0.1) is 23.0 Å². The van der Waals surface area contributed by atoms with Gasteiger partial charge in [0.05, 0.1) is 17.0 Å². The van der Waals surface area contributed by atoms with Crippen LogP contribution in [0.1, 0.15) is 18.9 Å². The van der Waals surface area contributed by atoms with E-state index in [9.17, 15) is 17.2 Å². The highest BCUT2D eigenvalue weighted by molar-refractivity contribution is 7.92. The number of halogens is 2. The zero-order valence-electron chi connectivity index (χ0n) is 13.0. The molecule has 0 spiro atoms. The van der Waals surface area contributed by atoms with Crippen LogP contribution in [0.2, 0.25) is 0 Å². The van der Waals surface area contributed by atoms with Gasteiger partial charge in [-0.05, 0) is 18.6 Å². The van der Waals surface area contributed by atoms with Crippen LogP contribution < -0.4 is 16.2 Å². The van der Waals surface area contributed by atoms with E-state index in [2.05, 4.69) is 9.97 Å². The Kier molecular flexibility index (Phi) is 5.03. The van der Waals surface area contributed by atoms with Crippen LogP contribution >= 0.6 is 0 Å². The van der Waals surface area contributed by atoms with E-state index in [4.69, 9.17) is 16.7 Å². The van der Waals surface area contributed by atoms with Crippen molar-refractivity contribution in [2.75, 3.05) is 21.9 Å². The second-order valence-corrected chi connectivity index (χ2v) is 6.85. The molecule has 1 aromatic carbocycles. The predicted molar refractivity (Wildman–Crippen MR) is 88.6 cm³/mol. The summed E-state index contributed by atoms with van der Waals surface area (Å²) in [5.41, 5.74) is 8.93. The van der Waals surface area contributed by atoms with E-state index < -0.39 is 38.6 Å². The number of hydrogen-bond donors (Lipinski definition) is 3. The van der Waals surface area contributed by atoms with E-state index in [1.54, 1.807) is 13.0 Å². The highest BCUT2D eigenvalue weighted by Crippen LogP contribution is 2.33. The van der Waals surface area contributed by atoms with Gasteiger partial charge in [-0.1, -0.05) is 6.92 Å². The number of rotatable bonds is 5. The number of nitriles is 1. The van der Waals surface area contributed by atoms with Gasteiger partial charge in [-0.15, -0.1) is 0 Å². The summed E-state index contributed by atoms with van der Waals surface area (Å²) in [6.07, 6.45) is 0.308. The number of nitrogen functional groups attached to an aromatic ring is 2. The van der Waals surface area contributed by atoms with Gasteiger partial charge < -0.3 is 11.5 Å². The number of aromatic nitrogens is 2. The summed E-state index contributed by atoms with van der Waals surface area (Å²) in [5, 5.41) is 9.15. The summed E-state index contributed by atoms with van der Waals surface area (Å²) >= 11 is 0. The van der Waals surface area contributed by atoms with E-state index in [0.29, 0.717) is 6.42 Å². The highest BCUT2D eigenvalue weighted by atomic mass is 32.2. The molecule has 0 saturated carbocycles. The molecule has 5 N–H and O–H groups in total. The molecule has 0 amide bonds. The summed E-state index contributed by atoms with van der Waals surface area (Å²) in [6.45, 7) is 1.64. The molecule has 2 aromatic rings. The second-order valence-electron chi connectivity index (χ2n) is 5.01. The first-order valence-electron chi connectivity index (χ1n) is 7.02. The van der Waals surface area contributed by atoms with Crippen molar-refractivity contribution in [1.29, 1.82) is 5.26 Å². The number of anilines is 3. The standard InChI is InChI=1S/C14H14F2N6O2S/c1-2-5-25(23,24)22-9-4-3-8(15)10(11(9)16)12-7(6-17)13(18)21-14(19)20-12/h3-4,22H,2,5H2,1H3,(H4,18,19,20,21). The summed E-state index contributed by atoms with van der Waals surface area (Å²) in [6, 6.07) is 3.43. The minimum Gasteiger partial charge on any atom is -0.382 e. The molecule has 0 aliphatic heterocycles. The zero-order valence-corrected chi connectivity index (χ0v) is 13.9. The lowest BCUT2D eigenvalue weighted by atomic mass is 10.0. The van der Waals surface area contributed by atoms with Crippen LogP contribution in [0.25, 0.3) is 11.3 Å². The molecule has 8 nitrogen and oxygen atoms in total. The molecular formula is C14H14F2N6O2S. The maximum Gasteiger partial charge on any atom is 0.232 e. The van der Waals surface area contributed by atoms with Gasteiger partial charge in [0.15, 0.2) is 5.82 Å². The maximum atomic E-state index is 14.8. The predicted octanol–water partition coefficient (Wildman–Crippen LogP) is 1.61. The van der Waals surface area contributed by atoms with E-state index in [0.717, 1.165) is 12.1 Å². The average molecular weight is 368 g/mol. The van der Waals surface area contributed by atoms with Gasteiger partial charge in [-0.25, -0.2) is 22.2 Å². The normalized spacial score (nSPS) is 11.1. The van der Waals surface area contributed by atoms with E-state index in [1.165, 1.54) is 0 Å². The van der Waals surface area contributed by atoms with E-state index in [-0.39, 0.29) is 23.1 Å². The molecule has 0 fully saturated rings. The molecule has 0 unspecified atom stereocenters. The van der Waals surface area contributed by atoms with Crippen LogP contribution in [0.15, 0.2) is 12.1 Å². The molecule has 1 aromatic heterocycles. The molecule has 0 aliphatic carbocycles. The quantitative estimate of drug-likeness (QED) is 0.726. The second kappa shape index (κ2) is 6.86. The lowest BCUT2D eigenvalue weighted by molar-refractivity contribution is 0.586. The van der Waals surface area contributed by atoms with Gasteiger partial charge in [0, 0.05) is 0 Å². The molecule has 0 bridgehead atoms. The fourth-order valence-electron chi connectivity index (χ4n) is 2.12. The topological polar surface area (TPSA) is 148 Å². The third kappa shape index (κ3) is 3.74. The van der Waals surface area contributed by atoms with Crippen molar-refractivity contribution in [3.05, 3.63) is 29.3 Å². The molecule has 25 heavy (non-hydrogen) atoms. The highest BCUT2D eigenvalue weighted by Gasteiger charge is 2.24. The number of nitrogens with two attached hydrogens (primary N) is 2. The Bertz CT molecular complexity index is 972. The van der Waals surface area contributed by atoms with Gasteiger partial charge >= 0.3 is 0 Å². The van der Waals surface area contributed by atoms with Crippen molar-refractivity contribution < 1.29 is 17.2 Å². The molecule has 0 radical (unpaired) electrons. The zero-order chi connectivity index (χ0) is 18.8. The summed E-state index contributed by atoms with van der Waals surface area (Å²) in [7, 11) is -3.81. The van der Waals surface area contributed by atoms with E-state index >= 15 is 0 Å². The van der Waals surface area contributed by atoms with Crippen LogP contribution in [0.4, 0.5) is 26.2 Å². The summed E-state index contributed by atoms with van der Waals surface area (Å²) in [5.74, 6) is -3.28. The van der Waals surface area contributed by atoms with Gasteiger partial charge in [0.2, 0.25) is 16.0 Å². The Balaban J connectivity index is 2.69. The monoisotopic (exact) mass is 368 g/mol. The number of nitrogens with one attached hydrogen (secondary N) is 1. The smallest absolute Gasteiger partial charge is 0.232 e. The van der Waals surface area contributed by atoms with Crippen molar-refractivity contribution in [2.24, 2.45) is 0 Å². The summed E-state index contributed by atoms with van der Waals surface area (Å²) < 4.78 is 54.6. The third-order valence-corrected chi connectivity index (χ3v) is 4.61. The van der Waals surface area contributed by atoms with Crippen LogP contribution in [-0.2, 0) is 10.0 Å². The van der Waals surface area contributed by atoms with Gasteiger partial charge in [-0.2, -0.15) is 10.2 Å². The van der Waals surface area contributed by atoms with E-state index in [1.807, 2.05) is 4.72 Å². The Hall–Kier alpha value is -3.00. The average Bonchev–Trinajstić information content (AvgIpc) is 2.50. The molecular weight excluding hydrogens is 354 g/mol. The fourth-order valence-corrected chi connectivity index (χ4v) is 3.26. The van der Waals surface area contributed by atoms with Gasteiger partial charge in [0.1, 0.15) is 29.0 Å². The van der Waals surface area contributed by atoms with Crippen molar-refractivity contribution in [3.8, 4) is 17.3 Å². The molecule has 2 rings (SSSR count). The first kappa shape index (κ1) is 18.3. The molecule has 1 heterocycles. The first-order valence-corrected chi connectivity index (χ1v) is 8.67. The SMILES string of the molecule is CCCS(=O)(=O)Nc1ccc(F)c(-c2nc(N)nc(N)c2C#N)c1F. The Morgan fingerprint density at radius 2 is 1.96 bits per heavy atom. The largest absolute Gasteiger partial charge is 0.382 e. The van der Waals surface area contributed by atoms with Crippen molar-refractivity contribution in [2.45, 2.75) is 13.3 Å². The number of hydrogen-bond acceptors (Lipinski definition) is 7. The van der Waals surface area contributed by atoms with Gasteiger partial charge in [-0.3, -0.25) is 4.72 Å². The van der Waals surface area contributed by atoms with Crippen LogP contribution in [0.3, 0.4) is 0 Å². The minimum atomic E-state index is -3.81. The lowest BCUT2D eigenvalue weighted by Crippen LogP contribution is -2.17. The van der Waals surface area contributed by atoms with Crippen molar-refractivity contribution >= 4 is 27.5 Å². The molecule has 0 atom stereocenters. The molecule has 0 saturated heterocycles. The Morgan fingerprint density at radius 3 is 2.56 bits per heavy atom. The lowest BCUT2D eigenvalue weighted by Gasteiger charge is -2.13. The fraction of sp³-hybridized carbons (Fsp3) is 0.214. The van der Waals surface area contributed by atoms with Crippen molar-refractivity contribution in [3.63, 3.8) is 0 Å². The molecule has 11 heteroatoms. The minimum absolute atomic E-state index is 0.240. The number of benzene rings is 1. The number of sulfonamides is 1. The molecule has 132 valence electrons. The first-order chi connectivity index (χ1) is 11.7.